The maximum atomic E-state index is 13.0. The second-order valence-electron chi connectivity index (χ2n) is 7.29. The summed E-state index contributed by atoms with van der Waals surface area (Å²) in [5, 5.41) is 4.71. The van der Waals surface area contributed by atoms with Gasteiger partial charge >= 0.3 is 0 Å². The third-order valence-electron chi connectivity index (χ3n) is 4.98. The van der Waals surface area contributed by atoms with E-state index in [1.807, 2.05) is 0 Å². The molecule has 2 aliphatic heterocycles. The smallest absolute Gasteiger partial charge is 0.264 e. The first-order valence-electron chi connectivity index (χ1n) is 10.5. The number of hydrogen-bond donors (Lipinski definition) is 3. The fourth-order valence-electron chi connectivity index (χ4n) is 3.49. The van der Waals surface area contributed by atoms with E-state index in [0.29, 0.717) is 26.4 Å². The molecule has 0 radical (unpaired) electrons. The van der Waals surface area contributed by atoms with Gasteiger partial charge in [-0.1, -0.05) is 6.07 Å². The van der Waals surface area contributed by atoms with Crippen molar-refractivity contribution in [1.29, 1.82) is 0 Å². The Bertz CT molecular complexity index is 941. The lowest BCUT2D eigenvalue weighted by Crippen LogP contribution is -2.54. The van der Waals surface area contributed by atoms with E-state index in [9.17, 15) is 24.0 Å². The highest BCUT2D eigenvalue weighted by atomic mass is 35.5. The zero-order valence-corrected chi connectivity index (χ0v) is 19.2. The standard InChI is InChI=1S/C21H26N4O8.ClH/c22-6-7-31-8-9-32-10-11-33-12-17(27)23-14-3-1-2-13-18(14)21(30)25(20(13)29)15-4-5-16(26)24-19(15)28;/h1-3,15H,4-12,22H2,(H,23,27)(H,24,26,28);1H. The molecule has 0 bridgehead atoms. The zero-order valence-electron chi connectivity index (χ0n) is 18.4. The number of amides is 5. The van der Waals surface area contributed by atoms with Crippen molar-refractivity contribution < 1.29 is 38.2 Å². The summed E-state index contributed by atoms with van der Waals surface area (Å²) in [6.45, 7) is 1.87. The minimum atomic E-state index is -1.08. The number of hydrogen-bond acceptors (Lipinski definition) is 9. The van der Waals surface area contributed by atoms with Crippen LogP contribution >= 0.6 is 12.4 Å². The lowest BCUT2D eigenvalue weighted by atomic mass is 10.0. The summed E-state index contributed by atoms with van der Waals surface area (Å²) in [4.78, 5) is 62.4. The molecule has 1 fully saturated rings. The topological polar surface area (TPSA) is 166 Å². The molecule has 34 heavy (non-hydrogen) atoms. The summed E-state index contributed by atoms with van der Waals surface area (Å²) in [6.07, 6.45) is 0.0715. The molecule has 186 valence electrons. The summed E-state index contributed by atoms with van der Waals surface area (Å²) < 4.78 is 15.7. The summed E-state index contributed by atoms with van der Waals surface area (Å²) in [5.41, 5.74) is 5.52. The molecule has 0 aliphatic carbocycles. The summed E-state index contributed by atoms with van der Waals surface area (Å²) in [5.74, 6) is -3.02. The van der Waals surface area contributed by atoms with E-state index >= 15 is 0 Å². The first-order chi connectivity index (χ1) is 15.9. The SMILES string of the molecule is Cl.NCCOCCOCCOCC(=O)Nc1cccc2c1C(=O)N(C1CCC(=O)NC1=O)C2=O. The number of imide groups is 2. The molecule has 13 heteroatoms. The molecule has 0 aromatic heterocycles. The highest BCUT2D eigenvalue weighted by Gasteiger charge is 2.45. The number of fused-ring (bicyclic) bond motifs is 1. The Morgan fingerprint density at radius 2 is 1.71 bits per heavy atom. The fraction of sp³-hybridized carbons (Fsp3) is 0.476. The van der Waals surface area contributed by atoms with E-state index in [0.717, 1.165) is 4.90 Å². The van der Waals surface area contributed by atoms with Gasteiger partial charge in [0.25, 0.3) is 11.8 Å². The molecule has 5 amide bonds. The molecule has 0 spiro atoms. The molecular formula is C21H27ClN4O8. The van der Waals surface area contributed by atoms with Gasteiger partial charge in [0.15, 0.2) is 0 Å². The average molecular weight is 499 g/mol. The molecule has 3 rings (SSSR count). The van der Waals surface area contributed by atoms with Gasteiger partial charge in [0.05, 0.1) is 49.8 Å². The Balaban J connectivity index is 0.00000408. The van der Waals surface area contributed by atoms with Crippen LogP contribution in [0.5, 0.6) is 0 Å². The normalized spacial score (nSPS) is 17.3. The Kier molecular flexibility index (Phi) is 10.5. The maximum Gasteiger partial charge on any atom is 0.264 e. The van der Waals surface area contributed by atoms with Crippen LogP contribution in [0.25, 0.3) is 0 Å². The van der Waals surface area contributed by atoms with Crippen molar-refractivity contribution in [3.63, 3.8) is 0 Å². The van der Waals surface area contributed by atoms with Crippen LogP contribution in [0, 0.1) is 0 Å². The van der Waals surface area contributed by atoms with Crippen molar-refractivity contribution in [3.05, 3.63) is 29.3 Å². The van der Waals surface area contributed by atoms with Gasteiger partial charge in [-0.15, -0.1) is 12.4 Å². The van der Waals surface area contributed by atoms with Crippen LogP contribution in [0.3, 0.4) is 0 Å². The summed E-state index contributed by atoms with van der Waals surface area (Å²) >= 11 is 0. The zero-order chi connectivity index (χ0) is 23.8. The first kappa shape index (κ1) is 27.3. The third-order valence-corrected chi connectivity index (χ3v) is 4.98. The van der Waals surface area contributed by atoms with Crippen molar-refractivity contribution in [1.82, 2.24) is 10.2 Å². The van der Waals surface area contributed by atoms with E-state index in [1.165, 1.54) is 18.2 Å². The van der Waals surface area contributed by atoms with Crippen molar-refractivity contribution in [3.8, 4) is 0 Å². The van der Waals surface area contributed by atoms with Gasteiger partial charge in [-0.25, -0.2) is 0 Å². The van der Waals surface area contributed by atoms with Crippen LogP contribution in [0.2, 0.25) is 0 Å². The van der Waals surface area contributed by atoms with Crippen molar-refractivity contribution >= 4 is 47.6 Å². The van der Waals surface area contributed by atoms with E-state index in [2.05, 4.69) is 10.6 Å². The number of benzene rings is 1. The Labute approximate surface area is 201 Å². The van der Waals surface area contributed by atoms with E-state index in [1.54, 1.807) is 0 Å². The summed E-state index contributed by atoms with van der Waals surface area (Å²) in [7, 11) is 0. The number of anilines is 1. The number of ether oxygens (including phenoxy) is 3. The van der Waals surface area contributed by atoms with Crippen LogP contribution in [0.1, 0.15) is 33.6 Å². The Hall–Kier alpha value is -2.90. The highest BCUT2D eigenvalue weighted by Crippen LogP contribution is 2.32. The number of carbonyl (C=O) groups excluding carboxylic acids is 5. The van der Waals surface area contributed by atoms with Gasteiger partial charge in [-0.3, -0.25) is 34.2 Å². The van der Waals surface area contributed by atoms with Gasteiger partial charge in [-0.05, 0) is 18.6 Å². The van der Waals surface area contributed by atoms with Gasteiger partial charge in [0.1, 0.15) is 12.6 Å². The highest BCUT2D eigenvalue weighted by molar-refractivity contribution is 6.26. The summed E-state index contributed by atoms with van der Waals surface area (Å²) in [6, 6.07) is 3.38. The quantitative estimate of drug-likeness (QED) is 0.253. The number of piperidine rings is 1. The van der Waals surface area contributed by atoms with Crippen LogP contribution in [0.15, 0.2) is 18.2 Å². The average Bonchev–Trinajstić information content (AvgIpc) is 3.04. The van der Waals surface area contributed by atoms with E-state index < -0.39 is 35.6 Å². The molecule has 2 aliphatic rings. The molecule has 12 nitrogen and oxygen atoms in total. The molecule has 1 aromatic carbocycles. The number of rotatable bonds is 12. The minimum absolute atomic E-state index is 0. The monoisotopic (exact) mass is 498 g/mol. The lowest BCUT2D eigenvalue weighted by molar-refractivity contribution is -0.136. The number of nitrogens with zero attached hydrogens (tertiary/aromatic N) is 1. The van der Waals surface area contributed by atoms with Crippen molar-refractivity contribution in [2.75, 3.05) is 51.5 Å². The van der Waals surface area contributed by atoms with Gasteiger partial charge in [0, 0.05) is 13.0 Å². The fourth-order valence-corrected chi connectivity index (χ4v) is 3.49. The number of carbonyl (C=O) groups is 5. The third kappa shape index (κ3) is 6.58. The van der Waals surface area contributed by atoms with Gasteiger partial charge in [0.2, 0.25) is 17.7 Å². The molecule has 0 saturated carbocycles. The van der Waals surface area contributed by atoms with Crippen LogP contribution in [0.4, 0.5) is 5.69 Å². The molecular weight excluding hydrogens is 472 g/mol. The van der Waals surface area contributed by atoms with Crippen LogP contribution in [-0.4, -0.2) is 86.7 Å². The number of halogens is 1. The van der Waals surface area contributed by atoms with Crippen LogP contribution in [-0.2, 0) is 28.6 Å². The van der Waals surface area contributed by atoms with E-state index in [4.69, 9.17) is 19.9 Å². The Morgan fingerprint density at radius 3 is 2.38 bits per heavy atom. The lowest BCUT2D eigenvalue weighted by Gasteiger charge is -2.27. The minimum Gasteiger partial charge on any atom is -0.378 e. The van der Waals surface area contributed by atoms with Crippen molar-refractivity contribution in [2.45, 2.75) is 18.9 Å². The first-order valence-corrected chi connectivity index (χ1v) is 10.5. The molecule has 2 heterocycles. The predicted octanol–water partition coefficient (Wildman–Crippen LogP) is -0.543. The van der Waals surface area contributed by atoms with E-state index in [-0.39, 0.29) is 61.9 Å². The largest absolute Gasteiger partial charge is 0.378 e. The molecule has 1 atom stereocenters. The Morgan fingerprint density at radius 1 is 1.03 bits per heavy atom. The second kappa shape index (κ2) is 13.1. The van der Waals surface area contributed by atoms with Crippen LogP contribution < -0.4 is 16.4 Å². The van der Waals surface area contributed by atoms with Gasteiger partial charge < -0.3 is 25.3 Å². The molecule has 1 saturated heterocycles. The molecule has 1 aromatic rings. The number of nitrogens with two attached hydrogens (primary N) is 1. The molecule has 4 N–H and O–H groups in total. The van der Waals surface area contributed by atoms with Crippen molar-refractivity contribution in [2.24, 2.45) is 5.73 Å². The maximum absolute atomic E-state index is 13.0. The predicted molar refractivity (Wildman–Crippen MR) is 121 cm³/mol. The van der Waals surface area contributed by atoms with Gasteiger partial charge in [-0.2, -0.15) is 0 Å². The number of nitrogens with one attached hydrogen (secondary N) is 2. The molecule has 1 unspecified atom stereocenters. The second-order valence-corrected chi connectivity index (χ2v) is 7.29.